The minimum absolute atomic E-state index is 0.00241. The molecule has 1 aromatic rings. The summed E-state index contributed by atoms with van der Waals surface area (Å²) >= 11 is 0. The van der Waals surface area contributed by atoms with Crippen LogP contribution in [0, 0.1) is 15.9 Å². The second-order valence-electron chi connectivity index (χ2n) is 5.30. The number of nitro groups is 1. The summed E-state index contributed by atoms with van der Waals surface area (Å²) in [6.07, 6.45) is 3.74. The predicted octanol–water partition coefficient (Wildman–Crippen LogP) is 3.18. The number of nitrogens with zero attached hydrogens (tertiary/aromatic N) is 1. The van der Waals surface area contributed by atoms with Crippen LogP contribution in [0.5, 0.6) is 0 Å². The van der Waals surface area contributed by atoms with Gasteiger partial charge in [-0.15, -0.1) is 0 Å². The number of halogens is 1. The molecule has 0 bridgehead atoms. The average Bonchev–Trinajstić information content (AvgIpc) is 2.77. The first-order valence-electron chi connectivity index (χ1n) is 6.32. The largest absolute Gasteiger partial charge is 0.477 e. The van der Waals surface area contributed by atoms with Crippen molar-refractivity contribution in [3.63, 3.8) is 0 Å². The van der Waals surface area contributed by atoms with Gasteiger partial charge < -0.3 is 10.4 Å². The normalized spacial score (nSPS) is 16.9. The molecule has 0 saturated heterocycles. The molecule has 0 heterocycles. The van der Waals surface area contributed by atoms with Crippen molar-refractivity contribution in [2.24, 2.45) is 0 Å². The molecule has 6 nitrogen and oxygen atoms in total. The average molecular weight is 282 g/mol. The van der Waals surface area contributed by atoms with E-state index < -0.39 is 28.0 Å². The van der Waals surface area contributed by atoms with Gasteiger partial charge in [0, 0.05) is 5.54 Å². The highest BCUT2D eigenvalue weighted by atomic mass is 19.1. The Balaban J connectivity index is 2.41. The SMILES string of the molecule is CC1(Nc2cc(C(=O)O)c([N+](=O)[O-])cc2F)CCCC1. The number of carboxylic acids is 1. The number of hydrogen-bond donors (Lipinski definition) is 2. The van der Waals surface area contributed by atoms with E-state index in [1.807, 2.05) is 6.92 Å². The van der Waals surface area contributed by atoms with Gasteiger partial charge in [-0.05, 0) is 25.8 Å². The van der Waals surface area contributed by atoms with E-state index in [1.165, 1.54) is 0 Å². The van der Waals surface area contributed by atoms with Crippen LogP contribution in [0.15, 0.2) is 12.1 Å². The van der Waals surface area contributed by atoms with Crippen LogP contribution in [-0.2, 0) is 0 Å². The van der Waals surface area contributed by atoms with Gasteiger partial charge in [-0.3, -0.25) is 10.1 Å². The van der Waals surface area contributed by atoms with Gasteiger partial charge >= 0.3 is 5.97 Å². The van der Waals surface area contributed by atoms with Crippen molar-refractivity contribution in [1.82, 2.24) is 0 Å². The van der Waals surface area contributed by atoms with Crippen LogP contribution in [0.2, 0.25) is 0 Å². The highest BCUT2D eigenvalue weighted by Crippen LogP contribution is 2.35. The summed E-state index contributed by atoms with van der Waals surface area (Å²) in [6, 6.07) is 1.66. The van der Waals surface area contributed by atoms with Crippen LogP contribution in [0.3, 0.4) is 0 Å². The Hall–Kier alpha value is -2.18. The van der Waals surface area contributed by atoms with Crippen LogP contribution in [0.1, 0.15) is 43.0 Å². The summed E-state index contributed by atoms with van der Waals surface area (Å²) in [5.74, 6) is -2.26. The highest BCUT2D eigenvalue weighted by Gasteiger charge is 2.31. The molecule has 7 heteroatoms. The summed E-state index contributed by atoms with van der Waals surface area (Å²) < 4.78 is 13.9. The predicted molar refractivity (Wildman–Crippen MR) is 70.5 cm³/mol. The maximum Gasteiger partial charge on any atom is 0.342 e. The maximum atomic E-state index is 13.9. The van der Waals surface area contributed by atoms with Crippen LogP contribution in [0.25, 0.3) is 0 Å². The molecule has 0 radical (unpaired) electrons. The van der Waals surface area contributed by atoms with Gasteiger partial charge in [0.05, 0.1) is 16.7 Å². The smallest absolute Gasteiger partial charge is 0.342 e. The number of nitrogens with one attached hydrogen (secondary N) is 1. The van der Waals surface area contributed by atoms with E-state index in [0.29, 0.717) is 6.07 Å². The second-order valence-corrected chi connectivity index (χ2v) is 5.30. The zero-order valence-electron chi connectivity index (χ0n) is 11.0. The summed E-state index contributed by atoms with van der Waals surface area (Å²) in [7, 11) is 0. The van der Waals surface area contributed by atoms with Gasteiger partial charge in [-0.25, -0.2) is 9.18 Å². The minimum Gasteiger partial charge on any atom is -0.477 e. The lowest BCUT2D eigenvalue weighted by atomic mass is 9.99. The first-order valence-corrected chi connectivity index (χ1v) is 6.32. The monoisotopic (exact) mass is 282 g/mol. The van der Waals surface area contributed by atoms with Gasteiger partial charge in [0.2, 0.25) is 0 Å². The van der Waals surface area contributed by atoms with Gasteiger partial charge in [-0.2, -0.15) is 0 Å². The van der Waals surface area contributed by atoms with Crippen LogP contribution in [-0.4, -0.2) is 21.5 Å². The molecule has 2 N–H and O–H groups in total. The lowest BCUT2D eigenvalue weighted by molar-refractivity contribution is -0.385. The van der Waals surface area contributed by atoms with Crippen LogP contribution in [0.4, 0.5) is 15.8 Å². The van der Waals surface area contributed by atoms with Gasteiger partial charge in [0.1, 0.15) is 5.56 Å². The van der Waals surface area contributed by atoms with Crippen molar-refractivity contribution in [3.05, 3.63) is 33.6 Å². The molecule has 20 heavy (non-hydrogen) atoms. The number of rotatable bonds is 4. The number of carbonyl (C=O) groups is 1. The zero-order chi connectivity index (χ0) is 14.9. The van der Waals surface area contributed by atoms with E-state index in [0.717, 1.165) is 31.7 Å². The van der Waals surface area contributed by atoms with Crippen LogP contribution >= 0.6 is 0 Å². The Labute approximate surface area is 114 Å². The Morgan fingerprint density at radius 2 is 2.05 bits per heavy atom. The first-order chi connectivity index (χ1) is 9.32. The molecule has 0 aromatic heterocycles. The van der Waals surface area contributed by atoms with Gasteiger partial charge in [0.25, 0.3) is 5.69 Å². The molecule has 0 aliphatic heterocycles. The molecule has 1 aromatic carbocycles. The molecule has 1 saturated carbocycles. The minimum atomic E-state index is -1.45. The fraction of sp³-hybridized carbons (Fsp3) is 0.462. The molecule has 1 aliphatic carbocycles. The third-order valence-corrected chi connectivity index (χ3v) is 3.66. The topological polar surface area (TPSA) is 92.5 Å². The van der Waals surface area contributed by atoms with Crippen molar-refractivity contribution in [2.45, 2.75) is 38.1 Å². The molecule has 0 atom stereocenters. The molecule has 1 fully saturated rings. The van der Waals surface area contributed by atoms with Crippen molar-refractivity contribution in [2.75, 3.05) is 5.32 Å². The number of carboxylic acid groups (broad SMARTS) is 1. The second kappa shape index (κ2) is 5.07. The van der Waals surface area contributed by atoms with E-state index in [9.17, 15) is 19.3 Å². The Kier molecular flexibility index (Phi) is 3.61. The van der Waals surface area contributed by atoms with E-state index in [-0.39, 0.29) is 11.2 Å². The first kappa shape index (κ1) is 14.2. The lowest BCUT2D eigenvalue weighted by Crippen LogP contribution is -2.31. The Morgan fingerprint density at radius 3 is 2.55 bits per heavy atom. The molecule has 0 spiro atoms. The number of nitro benzene ring substituents is 1. The molecule has 2 rings (SSSR count). The molecule has 108 valence electrons. The number of anilines is 1. The standard InChI is InChI=1S/C13H15FN2O4/c1-13(4-2-3-5-13)15-10-6-8(12(17)18)11(16(19)20)7-9(10)14/h6-7,15H,2-5H2,1H3,(H,17,18). The molecule has 0 amide bonds. The number of hydrogen-bond acceptors (Lipinski definition) is 4. The van der Waals surface area contributed by atoms with Crippen LogP contribution < -0.4 is 5.32 Å². The summed E-state index contributed by atoms with van der Waals surface area (Å²) in [6.45, 7) is 1.93. The van der Waals surface area contributed by atoms with E-state index >= 15 is 0 Å². The van der Waals surface area contributed by atoms with E-state index in [1.54, 1.807) is 0 Å². The van der Waals surface area contributed by atoms with Crippen molar-refractivity contribution in [1.29, 1.82) is 0 Å². The third kappa shape index (κ3) is 2.71. The highest BCUT2D eigenvalue weighted by molar-refractivity contribution is 5.93. The summed E-state index contributed by atoms with van der Waals surface area (Å²) in [5.41, 5.74) is -1.55. The zero-order valence-corrected chi connectivity index (χ0v) is 11.0. The van der Waals surface area contributed by atoms with Crippen molar-refractivity contribution in [3.8, 4) is 0 Å². The third-order valence-electron chi connectivity index (χ3n) is 3.66. The fourth-order valence-electron chi connectivity index (χ4n) is 2.59. The van der Waals surface area contributed by atoms with Gasteiger partial charge in [0.15, 0.2) is 5.82 Å². The summed E-state index contributed by atoms with van der Waals surface area (Å²) in [5, 5.41) is 22.7. The van der Waals surface area contributed by atoms with Crippen molar-refractivity contribution < 1.29 is 19.2 Å². The fourth-order valence-corrected chi connectivity index (χ4v) is 2.59. The van der Waals surface area contributed by atoms with E-state index in [4.69, 9.17) is 5.11 Å². The molecule has 1 aliphatic rings. The molecular formula is C13H15FN2O4. The van der Waals surface area contributed by atoms with Crippen molar-refractivity contribution >= 4 is 17.3 Å². The number of aromatic carboxylic acids is 1. The van der Waals surface area contributed by atoms with E-state index in [2.05, 4.69) is 5.32 Å². The molecular weight excluding hydrogens is 267 g/mol. The van der Waals surface area contributed by atoms with Gasteiger partial charge in [-0.1, -0.05) is 12.8 Å². The quantitative estimate of drug-likeness (QED) is 0.653. The number of benzene rings is 1. The maximum absolute atomic E-state index is 13.9. The summed E-state index contributed by atoms with van der Waals surface area (Å²) in [4.78, 5) is 20.9. The lowest BCUT2D eigenvalue weighted by Gasteiger charge is -2.27. The molecule has 0 unspecified atom stereocenters. The Bertz CT molecular complexity index is 568. The Morgan fingerprint density at radius 1 is 1.45 bits per heavy atom.